The number of hydrogen-bond acceptors (Lipinski definition) is 3. The van der Waals surface area contributed by atoms with Crippen LogP contribution in [0.25, 0.3) is 0 Å². The summed E-state index contributed by atoms with van der Waals surface area (Å²) in [5.74, 6) is 0.120. The molecule has 2 amide bonds. The van der Waals surface area contributed by atoms with Crippen LogP contribution < -0.4 is 5.32 Å². The van der Waals surface area contributed by atoms with E-state index < -0.39 is 0 Å². The molecule has 1 saturated heterocycles. The van der Waals surface area contributed by atoms with Gasteiger partial charge < -0.3 is 15.1 Å². The fraction of sp³-hybridized carbons (Fsp3) is 0.529. The van der Waals surface area contributed by atoms with Crippen LogP contribution in [0.3, 0.4) is 0 Å². The molecule has 120 valence electrons. The molecule has 1 aromatic rings. The highest BCUT2D eigenvalue weighted by molar-refractivity contribution is 5.94. The zero-order valence-corrected chi connectivity index (χ0v) is 13.3. The molecule has 2 rings (SSSR count). The molecular formula is C17H25N3O2. The molecule has 0 spiro atoms. The van der Waals surface area contributed by atoms with Crippen LogP contribution in [-0.2, 0) is 4.79 Å². The Morgan fingerprint density at radius 2 is 1.77 bits per heavy atom. The fourth-order valence-electron chi connectivity index (χ4n) is 2.60. The number of nitrogens with zero attached hydrogens (tertiary/aromatic N) is 2. The lowest BCUT2D eigenvalue weighted by molar-refractivity contribution is -0.133. The highest BCUT2D eigenvalue weighted by Gasteiger charge is 2.19. The molecule has 22 heavy (non-hydrogen) atoms. The number of benzene rings is 1. The third-order valence-electron chi connectivity index (χ3n) is 4.06. The zero-order valence-electron chi connectivity index (χ0n) is 13.3. The zero-order chi connectivity index (χ0) is 15.8. The molecule has 0 atom stereocenters. The van der Waals surface area contributed by atoms with Crippen molar-refractivity contribution in [2.45, 2.75) is 19.8 Å². The van der Waals surface area contributed by atoms with E-state index in [2.05, 4.69) is 17.1 Å². The Morgan fingerprint density at radius 3 is 2.41 bits per heavy atom. The van der Waals surface area contributed by atoms with Crippen molar-refractivity contribution in [2.75, 3.05) is 39.3 Å². The van der Waals surface area contributed by atoms with Crippen molar-refractivity contribution < 1.29 is 9.59 Å². The summed E-state index contributed by atoms with van der Waals surface area (Å²) in [5, 5.41) is 2.86. The van der Waals surface area contributed by atoms with E-state index in [1.54, 1.807) is 12.1 Å². The van der Waals surface area contributed by atoms with Gasteiger partial charge in [0.25, 0.3) is 5.91 Å². The van der Waals surface area contributed by atoms with Gasteiger partial charge in [0.2, 0.25) is 5.91 Å². The number of rotatable bonds is 6. The first-order valence-electron chi connectivity index (χ1n) is 8.04. The Balaban J connectivity index is 1.62. The van der Waals surface area contributed by atoms with Crippen LogP contribution in [0.4, 0.5) is 0 Å². The molecule has 1 aliphatic heterocycles. The molecule has 1 N–H and O–H groups in total. The molecule has 1 aromatic carbocycles. The lowest BCUT2D eigenvalue weighted by Crippen LogP contribution is -2.48. The molecular weight excluding hydrogens is 278 g/mol. The third kappa shape index (κ3) is 4.84. The lowest BCUT2D eigenvalue weighted by Gasteiger charge is -2.34. The summed E-state index contributed by atoms with van der Waals surface area (Å²) in [6.45, 7) is 7.31. The van der Waals surface area contributed by atoms with Crippen LogP contribution in [0.1, 0.15) is 30.1 Å². The topological polar surface area (TPSA) is 52.6 Å². The first kappa shape index (κ1) is 16.5. The van der Waals surface area contributed by atoms with E-state index in [0.29, 0.717) is 24.9 Å². The number of piperazine rings is 1. The molecule has 0 saturated carbocycles. The van der Waals surface area contributed by atoms with Gasteiger partial charge in [-0.3, -0.25) is 9.59 Å². The van der Waals surface area contributed by atoms with Crippen molar-refractivity contribution >= 4 is 11.8 Å². The first-order valence-corrected chi connectivity index (χ1v) is 8.04. The van der Waals surface area contributed by atoms with Gasteiger partial charge in [-0.25, -0.2) is 0 Å². The first-order chi connectivity index (χ1) is 10.7. The highest BCUT2D eigenvalue weighted by Crippen LogP contribution is 2.05. The van der Waals surface area contributed by atoms with E-state index in [1.165, 1.54) is 0 Å². The van der Waals surface area contributed by atoms with Gasteiger partial charge in [-0.15, -0.1) is 0 Å². The molecule has 0 radical (unpaired) electrons. The average molecular weight is 303 g/mol. The van der Waals surface area contributed by atoms with Gasteiger partial charge in [-0.1, -0.05) is 25.1 Å². The Bertz CT molecular complexity index is 482. The van der Waals surface area contributed by atoms with Crippen LogP contribution in [0, 0.1) is 0 Å². The molecule has 1 aliphatic rings. The van der Waals surface area contributed by atoms with Crippen molar-refractivity contribution in [3.63, 3.8) is 0 Å². The van der Waals surface area contributed by atoms with Gasteiger partial charge in [0.1, 0.15) is 0 Å². The SMILES string of the molecule is CCN1CCN(C(=O)CCCNC(=O)c2ccccc2)CC1. The summed E-state index contributed by atoms with van der Waals surface area (Å²) >= 11 is 0. The maximum atomic E-state index is 12.1. The third-order valence-corrected chi connectivity index (χ3v) is 4.06. The van der Waals surface area contributed by atoms with E-state index in [4.69, 9.17) is 0 Å². The normalized spacial score (nSPS) is 15.6. The smallest absolute Gasteiger partial charge is 0.251 e. The van der Waals surface area contributed by atoms with Gasteiger partial charge in [0.05, 0.1) is 0 Å². The Hall–Kier alpha value is -1.88. The minimum atomic E-state index is -0.0791. The van der Waals surface area contributed by atoms with E-state index in [-0.39, 0.29) is 11.8 Å². The van der Waals surface area contributed by atoms with E-state index in [1.807, 2.05) is 23.1 Å². The Kier molecular flexibility index (Phi) is 6.40. The molecule has 0 aromatic heterocycles. The summed E-state index contributed by atoms with van der Waals surface area (Å²) in [7, 11) is 0. The van der Waals surface area contributed by atoms with E-state index in [0.717, 1.165) is 32.7 Å². The van der Waals surface area contributed by atoms with E-state index in [9.17, 15) is 9.59 Å². The number of likely N-dealkylation sites (N-methyl/N-ethyl adjacent to an activating group) is 1. The standard InChI is InChI=1S/C17H25N3O2/c1-2-19-11-13-20(14-12-19)16(21)9-6-10-18-17(22)15-7-4-3-5-8-15/h3-5,7-8H,2,6,9-14H2,1H3,(H,18,22). The number of hydrogen-bond donors (Lipinski definition) is 1. The number of amides is 2. The molecule has 1 fully saturated rings. The van der Waals surface area contributed by atoms with Crippen molar-refractivity contribution in [3.8, 4) is 0 Å². The molecule has 5 nitrogen and oxygen atoms in total. The van der Waals surface area contributed by atoms with Crippen LogP contribution in [0.5, 0.6) is 0 Å². The van der Waals surface area contributed by atoms with Crippen molar-refractivity contribution in [2.24, 2.45) is 0 Å². The fourth-order valence-corrected chi connectivity index (χ4v) is 2.60. The highest BCUT2D eigenvalue weighted by atomic mass is 16.2. The molecule has 0 unspecified atom stereocenters. The van der Waals surface area contributed by atoms with Crippen molar-refractivity contribution in [3.05, 3.63) is 35.9 Å². The van der Waals surface area contributed by atoms with Crippen molar-refractivity contribution in [1.29, 1.82) is 0 Å². The summed E-state index contributed by atoms with van der Waals surface area (Å²) in [6.07, 6.45) is 1.19. The minimum absolute atomic E-state index is 0.0791. The molecule has 0 bridgehead atoms. The van der Waals surface area contributed by atoms with Gasteiger partial charge >= 0.3 is 0 Å². The lowest BCUT2D eigenvalue weighted by atomic mass is 10.2. The van der Waals surface area contributed by atoms with Gasteiger partial charge in [-0.2, -0.15) is 0 Å². The van der Waals surface area contributed by atoms with Crippen molar-refractivity contribution in [1.82, 2.24) is 15.1 Å². The van der Waals surface area contributed by atoms with E-state index >= 15 is 0 Å². The maximum absolute atomic E-state index is 12.1. The van der Waals surface area contributed by atoms with Gasteiger partial charge in [0.15, 0.2) is 0 Å². The minimum Gasteiger partial charge on any atom is -0.352 e. The predicted octanol–water partition coefficient (Wildman–Crippen LogP) is 1.36. The molecule has 0 aliphatic carbocycles. The second kappa shape index (κ2) is 8.54. The van der Waals surface area contributed by atoms with Gasteiger partial charge in [-0.05, 0) is 25.1 Å². The van der Waals surface area contributed by atoms with Gasteiger partial charge in [0, 0.05) is 44.7 Å². The molecule has 5 heteroatoms. The quantitative estimate of drug-likeness (QED) is 0.807. The second-order valence-electron chi connectivity index (χ2n) is 5.54. The maximum Gasteiger partial charge on any atom is 0.251 e. The van der Waals surface area contributed by atoms with Crippen LogP contribution in [0.15, 0.2) is 30.3 Å². The van der Waals surface area contributed by atoms with Crippen LogP contribution >= 0.6 is 0 Å². The number of carbonyl (C=O) groups excluding carboxylic acids is 2. The number of nitrogens with one attached hydrogen (secondary N) is 1. The predicted molar refractivity (Wildman–Crippen MR) is 86.7 cm³/mol. The largest absolute Gasteiger partial charge is 0.352 e. The Morgan fingerprint density at radius 1 is 1.09 bits per heavy atom. The monoisotopic (exact) mass is 303 g/mol. The molecule has 1 heterocycles. The second-order valence-corrected chi connectivity index (χ2v) is 5.54. The average Bonchev–Trinajstić information content (AvgIpc) is 2.59. The number of carbonyl (C=O) groups is 2. The summed E-state index contributed by atoms with van der Waals surface area (Å²) in [4.78, 5) is 28.2. The van der Waals surface area contributed by atoms with Crippen LogP contribution in [0.2, 0.25) is 0 Å². The summed E-state index contributed by atoms with van der Waals surface area (Å²) in [6, 6.07) is 9.14. The Labute approximate surface area is 132 Å². The summed E-state index contributed by atoms with van der Waals surface area (Å²) < 4.78 is 0. The summed E-state index contributed by atoms with van der Waals surface area (Å²) in [5.41, 5.74) is 0.657. The van der Waals surface area contributed by atoms with Crippen LogP contribution in [-0.4, -0.2) is 60.9 Å².